The first-order valence-corrected chi connectivity index (χ1v) is 4.35. The van der Waals surface area contributed by atoms with E-state index in [9.17, 15) is 0 Å². The van der Waals surface area contributed by atoms with E-state index < -0.39 is 0 Å². The van der Waals surface area contributed by atoms with E-state index in [2.05, 4.69) is 6.07 Å². The Morgan fingerprint density at radius 2 is 2.23 bits per heavy atom. The predicted octanol–water partition coefficient (Wildman–Crippen LogP) is 1.89. The van der Waals surface area contributed by atoms with E-state index in [-0.39, 0.29) is 12.4 Å². The van der Waals surface area contributed by atoms with Gasteiger partial charge in [0.15, 0.2) is 0 Å². The fraction of sp³-hybridized carbons (Fsp3) is 0.400. The number of benzene rings is 1. The van der Waals surface area contributed by atoms with Crippen LogP contribution in [0, 0.1) is 0 Å². The van der Waals surface area contributed by atoms with Crippen molar-refractivity contribution in [3.8, 4) is 5.75 Å². The van der Waals surface area contributed by atoms with Crippen LogP contribution in [0.3, 0.4) is 0 Å². The molecule has 0 amide bonds. The quantitative estimate of drug-likeness (QED) is 0.750. The predicted molar refractivity (Wildman–Crippen MR) is 55.4 cm³/mol. The van der Waals surface area contributed by atoms with Gasteiger partial charge in [-0.15, -0.1) is 12.4 Å². The number of fused-ring (bicyclic) bond motifs is 1. The van der Waals surface area contributed by atoms with Crippen LogP contribution in [0.1, 0.15) is 17.5 Å². The van der Waals surface area contributed by atoms with Gasteiger partial charge in [0.1, 0.15) is 5.75 Å². The van der Waals surface area contributed by atoms with Crippen molar-refractivity contribution in [3.63, 3.8) is 0 Å². The molecule has 1 heterocycles. The highest BCUT2D eigenvalue weighted by Crippen LogP contribution is 2.25. The Balaban J connectivity index is 0.000000845. The Morgan fingerprint density at radius 1 is 1.38 bits per heavy atom. The number of hydrogen-bond donors (Lipinski definition) is 1. The standard InChI is InChI=1S/C10H13NO.ClH/c11-7-8-3-4-10-9(6-8)2-1-5-12-10;/h3-4,6H,1-2,5,7,11H2;1H. The first kappa shape index (κ1) is 10.4. The maximum Gasteiger partial charge on any atom is 0.122 e. The SMILES string of the molecule is Cl.NCc1ccc2c(c1)CCCO2. The van der Waals surface area contributed by atoms with Crippen LogP contribution in [-0.4, -0.2) is 6.61 Å². The lowest BCUT2D eigenvalue weighted by atomic mass is 10.0. The van der Waals surface area contributed by atoms with Crippen LogP contribution < -0.4 is 10.5 Å². The van der Waals surface area contributed by atoms with Gasteiger partial charge >= 0.3 is 0 Å². The van der Waals surface area contributed by atoms with E-state index in [1.165, 1.54) is 11.1 Å². The normalized spacial score (nSPS) is 13.9. The highest BCUT2D eigenvalue weighted by atomic mass is 35.5. The van der Waals surface area contributed by atoms with E-state index in [1.54, 1.807) is 0 Å². The Bertz CT molecular complexity index is 288. The molecule has 1 aromatic carbocycles. The number of hydrogen-bond acceptors (Lipinski definition) is 2. The molecule has 1 aliphatic heterocycles. The van der Waals surface area contributed by atoms with Gasteiger partial charge in [-0.1, -0.05) is 12.1 Å². The van der Waals surface area contributed by atoms with Gasteiger partial charge in [-0.05, 0) is 30.0 Å². The number of ether oxygens (including phenoxy) is 1. The van der Waals surface area contributed by atoms with Gasteiger partial charge in [0, 0.05) is 6.54 Å². The summed E-state index contributed by atoms with van der Waals surface area (Å²) in [5, 5.41) is 0. The molecule has 0 radical (unpaired) electrons. The monoisotopic (exact) mass is 199 g/mol. The van der Waals surface area contributed by atoms with Crippen LogP contribution in [0.5, 0.6) is 5.75 Å². The van der Waals surface area contributed by atoms with Crippen LogP contribution in [0.4, 0.5) is 0 Å². The number of aryl methyl sites for hydroxylation is 1. The Hall–Kier alpha value is -0.730. The largest absolute Gasteiger partial charge is 0.493 e. The van der Waals surface area contributed by atoms with Crippen molar-refractivity contribution in [1.82, 2.24) is 0 Å². The molecule has 2 rings (SSSR count). The maximum atomic E-state index is 5.54. The Morgan fingerprint density at radius 3 is 3.00 bits per heavy atom. The molecule has 0 unspecified atom stereocenters. The lowest BCUT2D eigenvalue weighted by molar-refractivity contribution is 0.288. The van der Waals surface area contributed by atoms with Crippen molar-refractivity contribution in [2.45, 2.75) is 19.4 Å². The summed E-state index contributed by atoms with van der Waals surface area (Å²) in [5.74, 6) is 1.04. The van der Waals surface area contributed by atoms with E-state index in [4.69, 9.17) is 10.5 Å². The minimum atomic E-state index is 0. The summed E-state index contributed by atoms with van der Waals surface area (Å²) in [6.45, 7) is 1.47. The average Bonchev–Trinajstić information content (AvgIpc) is 2.17. The van der Waals surface area contributed by atoms with E-state index in [0.29, 0.717) is 6.54 Å². The molecule has 0 spiro atoms. The lowest BCUT2D eigenvalue weighted by Gasteiger charge is -2.17. The summed E-state index contributed by atoms with van der Waals surface area (Å²) in [6.07, 6.45) is 2.25. The highest BCUT2D eigenvalue weighted by Gasteiger charge is 2.09. The summed E-state index contributed by atoms with van der Waals surface area (Å²) in [6, 6.07) is 6.20. The van der Waals surface area contributed by atoms with E-state index in [0.717, 1.165) is 25.2 Å². The van der Waals surface area contributed by atoms with Gasteiger partial charge < -0.3 is 10.5 Å². The van der Waals surface area contributed by atoms with Crippen molar-refractivity contribution in [1.29, 1.82) is 0 Å². The van der Waals surface area contributed by atoms with Gasteiger partial charge in [0.2, 0.25) is 0 Å². The van der Waals surface area contributed by atoms with Crippen LogP contribution in [-0.2, 0) is 13.0 Å². The molecule has 0 aromatic heterocycles. The summed E-state index contributed by atoms with van der Waals surface area (Å²) < 4.78 is 5.48. The molecule has 0 atom stereocenters. The Labute approximate surface area is 84.5 Å². The molecule has 2 N–H and O–H groups in total. The second-order valence-corrected chi connectivity index (χ2v) is 3.10. The van der Waals surface area contributed by atoms with Gasteiger partial charge in [-0.3, -0.25) is 0 Å². The van der Waals surface area contributed by atoms with Crippen LogP contribution in [0.2, 0.25) is 0 Å². The summed E-state index contributed by atoms with van der Waals surface area (Å²) in [4.78, 5) is 0. The lowest BCUT2D eigenvalue weighted by Crippen LogP contribution is -2.09. The second-order valence-electron chi connectivity index (χ2n) is 3.10. The van der Waals surface area contributed by atoms with Crippen LogP contribution in [0.25, 0.3) is 0 Å². The molecule has 1 aliphatic rings. The van der Waals surface area contributed by atoms with Crippen LogP contribution >= 0.6 is 12.4 Å². The van der Waals surface area contributed by atoms with Crippen LogP contribution in [0.15, 0.2) is 18.2 Å². The van der Waals surface area contributed by atoms with Crippen molar-refractivity contribution < 1.29 is 4.74 Å². The second kappa shape index (κ2) is 4.49. The molecule has 0 fully saturated rings. The highest BCUT2D eigenvalue weighted by molar-refractivity contribution is 5.85. The number of halogens is 1. The molecule has 13 heavy (non-hydrogen) atoms. The van der Waals surface area contributed by atoms with E-state index >= 15 is 0 Å². The molecule has 0 saturated carbocycles. The smallest absolute Gasteiger partial charge is 0.122 e. The molecular formula is C10H14ClNO. The third-order valence-corrected chi connectivity index (χ3v) is 2.21. The van der Waals surface area contributed by atoms with E-state index in [1.807, 2.05) is 12.1 Å². The fourth-order valence-electron chi connectivity index (χ4n) is 1.54. The molecule has 2 nitrogen and oxygen atoms in total. The molecule has 0 aliphatic carbocycles. The van der Waals surface area contributed by atoms with Gasteiger partial charge in [-0.2, -0.15) is 0 Å². The first-order chi connectivity index (χ1) is 5.90. The average molecular weight is 200 g/mol. The molecular weight excluding hydrogens is 186 g/mol. The van der Waals surface area contributed by atoms with Crippen molar-refractivity contribution >= 4 is 12.4 Å². The molecule has 0 bridgehead atoms. The topological polar surface area (TPSA) is 35.2 Å². The number of nitrogens with two attached hydrogens (primary N) is 1. The molecule has 72 valence electrons. The molecule has 1 aromatic rings. The summed E-state index contributed by atoms with van der Waals surface area (Å²) >= 11 is 0. The molecule has 0 saturated heterocycles. The zero-order chi connectivity index (χ0) is 8.39. The fourth-order valence-corrected chi connectivity index (χ4v) is 1.54. The van der Waals surface area contributed by atoms with Gasteiger partial charge in [0.25, 0.3) is 0 Å². The zero-order valence-corrected chi connectivity index (χ0v) is 8.27. The molecule has 3 heteroatoms. The third kappa shape index (κ3) is 2.14. The zero-order valence-electron chi connectivity index (χ0n) is 7.45. The van der Waals surface area contributed by atoms with Gasteiger partial charge in [-0.25, -0.2) is 0 Å². The Kier molecular flexibility index (Phi) is 3.58. The first-order valence-electron chi connectivity index (χ1n) is 4.35. The summed E-state index contributed by atoms with van der Waals surface area (Å²) in [7, 11) is 0. The summed E-state index contributed by atoms with van der Waals surface area (Å²) in [5.41, 5.74) is 8.05. The number of rotatable bonds is 1. The minimum Gasteiger partial charge on any atom is -0.493 e. The van der Waals surface area contributed by atoms with Crippen molar-refractivity contribution in [2.75, 3.05) is 6.61 Å². The van der Waals surface area contributed by atoms with Crippen molar-refractivity contribution in [2.24, 2.45) is 5.73 Å². The van der Waals surface area contributed by atoms with Crippen molar-refractivity contribution in [3.05, 3.63) is 29.3 Å². The van der Waals surface area contributed by atoms with Gasteiger partial charge in [0.05, 0.1) is 6.61 Å². The maximum absolute atomic E-state index is 5.54. The third-order valence-electron chi connectivity index (χ3n) is 2.21. The minimum absolute atomic E-state index is 0.